The van der Waals surface area contributed by atoms with Gasteiger partial charge in [-0.2, -0.15) is 5.10 Å². The van der Waals surface area contributed by atoms with Crippen LogP contribution < -0.4 is 10.8 Å². The van der Waals surface area contributed by atoms with Crippen molar-refractivity contribution in [3.63, 3.8) is 0 Å². The number of imidazole rings is 1. The van der Waals surface area contributed by atoms with E-state index < -0.39 is 0 Å². The zero-order chi connectivity index (χ0) is 19.8. The molecule has 2 heterocycles. The minimum atomic E-state index is 0.569. The number of rotatable bonds is 3. The van der Waals surface area contributed by atoms with Gasteiger partial charge in [0, 0.05) is 22.0 Å². The Morgan fingerprint density at radius 2 is 1.79 bits per heavy atom. The smallest absolute Gasteiger partial charge is 0.222 e. The number of aryl methyl sites for hydroxylation is 1. The first-order chi connectivity index (χ1) is 14.2. The number of aromatic amines is 1. The Kier molecular flexibility index (Phi) is 4.30. The molecule has 5 aromatic rings. The molecule has 0 spiro atoms. The molecule has 2 aromatic heterocycles. The van der Waals surface area contributed by atoms with E-state index in [2.05, 4.69) is 20.5 Å². The first-order valence-electron chi connectivity index (χ1n) is 9.21. The van der Waals surface area contributed by atoms with Crippen molar-refractivity contribution in [3.05, 3.63) is 88.7 Å². The second-order valence-corrected chi connectivity index (χ2v) is 7.19. The van der Waals surface area contributed by atoms with Crippen LogP contribution in [0.1, 0.15) is 5.56 Å². The molecule has 0 saturated carbocycles. The number of halogens is 1. The third-order valence-electron chi connectivity index (χ3n) is 4.75. The van der Waals surface area contributed by atoms with Gasteiger partial charge in [-0.15, -0.1) is 0 Å². The Balaban J connectivity index is 1.67. The van der Waals surface area contributed by atoms with E-state index in [0.717, 1.165) is 38.9 Å². The largest absolute Gasteiger partial charge is 0.456 e. The highest BCUT2D eigenvalue weighted by Crippen LogP contribution is 2.26. The van der Waals surface area contributed by atoms with Crippen LogP contribution in [-0.4, -0.2) is 9.97 Å². The van der Waals surface area contributed by atoms with Gasteiger partial charge in [-0.25, -0.2) is 10.4 Å². The van der Waals surface area contributed by atoms with Crippen molar-refractivity contribution < 1.29 is 4.42 Å². The van der Waals surface area contributed by atoms with E-state index in [9.17, 15) is 0 Å². The maximum absolute atomic E-state index is 6.36. The summed E-state index contributed by atoms with van der Waals surface area (Å²) in [5.41, 5.74) is 7.50. The quantitative estimate of drug-likeness (QED) is 0.372. The van der Waals surface area contributed by atoms with E-state index in [1.165, 1.54) is 0 Å². The molecule has 0 aliphatic heterocycles. The van der Waals surface area contributed by atoms with Crippen molar-refractivity contribution in [1.82, 2.24) is 9.97 Å². The molecule has 0 unspecified atom stereocenters. The first kappa shape index (κ1) is 17.5. The third kappa shape index (κ3) is 3.37. The highest BCUT2D eigenvalue weighted by atomic mass is 35.5. The zero-order valence-electron chi connectivity index (χ0n) is 15.6. The molecule has 0 saturated heterocycles. The van der Waals surface area contributed by atoms with Crippen molar-refractivity contribution in [2.45, 2.75) is 6.92 Å². The van der Waals surface area contributed by atoms with Gasteiger partial charge in [0.15, 0.2) is 0 Å². The lowest BCUT2D eigenvalue weighted by atomic mass is 10.1. The molecule has 3 aromatic carbocycles. The number of nitrogens with zero attached hydrogens (tertiary/aromatic N) is 2. The summed E-state index contributed by atoms with van der Waals surface area (Å²) in [5.74, 6) is 1.30. The lowest BCUT2D eigenvalue weighted by Crippen LogP contribution is -2.08. The summed E-state index contributed by atoms with van der Waals surface area (Å²) in [5, 5.41) is 6.80. The molecule has 6 heteroatoms. The number of benzene rings is 3. The maximum atomic E-state index is 6.36. The highest BCUT2D eigenvalue weighted by molar-refractivity contribution is 6.32. The minimum Gasteiger partial charge on any atom is -0.456 e. The molecule has 5 rings (SSSR count). The average molecular weight is 401 g/mol. The molecule has 0 aliphatic rings. The van der Waals surface area contributed by atoms with Gasteiger partial charge in [0.2, 0.25) is 5.95 Å². The molecule has 0 fully saturated rings. The average Bonchev–Trinajstić information content (AvgIpc) is 3.16. The number of aromatic nitrogens is 2. The summed E-state index contributed by atoms with van der Waals surface area (Å²) < 4.78 is 6.15. The number of fused-ring (bicyclic) bond motifs is 2. The molecule has 0 atom stereocenters. The molecule has 2 N–H and O–H groups in total. The van der Waals surface area contributed by atoms with Crippen molar-refractivity contribution in [1.29, 1.82) is 0 Å². The fourth-order valence-corrected chi connectivity index (χ4v) is 3.41. The topological polar surface area (TPSA) is 66.2 Å². The Labute approximate surface area is 171 Å². The molecule has 0 amide bonds. The normalized spacial score (nSPS) is 12.0. The first-order valence-corrected chi connectivity index (χ1v) is 9.59. The van der Waals surface area contributed by atoms with Gasteiger partial charge in [0.05, 0.1) is 16.4 Å². The van der Waals surface area contributed by atoms with Crippen molar-refractivity contribution in [2.75, 3.05) is 5.43 Å². The van der Waals surface area contributed by atoms with E-state index in [1.807, 2.05) is 79.7 Å². The summed E-state index contributed by atoms with van der Waals surface area (Å²) in [4.78, 5) is 7.73. The van der Waals surface area contributed by atoms with Crippen LogP contribution in [-0.2, 0) is 0 Å². The number of nitrogens with one attached hydrogen (secondary N) is 2. The predicted octanol–water partition coefficient (Wildman–Crippen LogP) is 5.87. The molecule has 142 valence electrons. The fraction of sp³-hybridized carbons (Fsp3) is 0.0435. The Bertz CT molecular complexity index is 1370. The summed E-state index contributed by atoms with van der Waals surface area (Å²) in [6.07, 6.45) is 0. The molecule has 0 aliphatic carbocycles. The predicted molar refractivity (Wildman–Crippen MR) is 117 cm³/mol. The summed E-state index contributed by atoms with van der Waals surface area (Å²) in [7, 11) is 0. The van der Waals surface area contributed by atoms with Gasteiger partial charge in [0.25, 0.3) is 0 Å². The fourth-order valence-electron chi connectivity index (χ4n) is 3.25. The minimum absolute atomic E-state index is 0.569. The Hall–Kier alpha value is -3.57. The summed E-state index contributed by atoms with van der Waals surface area (Å²) >= 11 is 6.36. The SMILES string of the molecule is Cc1cc2oc(-c3ccccc3)cc(=NNc3nc4ccccc4[nH]3)c2cc1Cl. The van der Waals surface area contributed by atoms with Gasteiger partial charge in [0.1, 0.15) is 11.3 Å². The monoisotopic (exact) mass is 400 g/mol. The number of H-pyrrole nitrogens is 1. The van der Waals surface area contributed by atoms with Crippen LogP contribution in [0.3, 0.4) is 0 Å². The van der Waals surface area contributed by atoms with Gasteiger partial charge in [-0.3, -0.25) is 0 Å². The third-order valence-corrected chi connectivity index (χ3v) is 5.16. The van der Waals surface area contributed by atoms with Crippen LogP contribution in [0.2, 0.25) is 5.02 Å². The number of hydrogen-bond acceptors (Lipinski definition) is 4. The maximum Gasteiger partial charge on any atom is 0.222 e. The van der Waals surface area contributed by atoms with Crippen LogP contribution in [0.25, 0.3) is 33.3 Å². The van der Waals surface area contributed by atoms with Crippen molar-refractivity contribution >= 4 is 39.6 Å². The Morgan fingerprint density at radius 1 is 1.00 bits per heavy atom. The van der Waals surface area contributed by atoms with Crippen molar-refractivity contribution in [3.8, 4) is 11.3 Å². The summed E-state index contributed by atoms with van der Waals surface area (Å²) in [6, 6.07) is 23.5. The molecule has 0 bridgehead atoms. The van der Waals surface area contributed by atoms with Gasteiger partial charge < -0.3 is 9.40 Å². The van der Waals surface area contributed by atoms with E-state index in [4.69, 9.17) is 16.0 Å². The number of anilines is 1. The van der Waals surface area contributed by atoms with E-state index in [1.54, 1.807) is 0 Å². The molecular formula is C23H17ClN4O. The highest BCUT2D eigenvalue weighted by Gasteiger charge is 2.09. The Morgan fingerprint density at radius 3 is 2.62 bits per heavy atom. The van der Waals surface area contributed by atoms with E-state index in [0.29, 0.717) is 16.3 Å². The van der Waals surface area contributed by atoms with Crippen LogP contribution in [0.15, 0.2) is 82.3 Å². The van der Waals surface area contributed by atoms with E-state index in [-0.39, 0.29) is 0 Å². The van der Waals surface area contributed by atoms with Crippen LogP contribution in [0.5, 0.6) is 0 Å². The van der Waals surface area contributed by atoms with Crippen LogP contribution in [0, 0.1) is 6.92 Å². The number of para-hydroxylation sites is 2. The van der Waals surface area contributed by atoms with Crippen LogP contribution in [0.4, 0.5) is 5.95 Å². The van der Waals surface area contributed by atoms with Crippen LogP contribution >= 0.6 is 11.6 Å². The molecule has 0 radical (unpaired) electrons. The molecule has 29 heavy (non-hydrogen) atoms. The molecule has 5 nitrogen and oxygen atoms in total. The number of hydrogen-bond donors (Lipinski definition) is 2. The van der Waals surface area contributed by atoms with Gasteiger partial charge in [-0.1, -0.05) is 54.1 Å². The lowest BCUT2D eigenvalue weighted by Gasteiger charge is -2.07. The second-order valence-electron chi connectivity index (χ2n) is 6.79. The lowest BCUT2D eigenvalue weighted by molar-refractivity contribution is 0.618. The summed E-state index contributed by atoms with van der Waals surface area (Å²) in [6.45, 7) is 1.95. The van der Waals surface area contributed by atoms with Gasteiger partial charge in [-0.05, 0) is 36.8 Å². The van der Waals surface area contributed by atoms with E-state index >= 15 is 0 Å². The second kappa shape index (κ2) is 7.11. The molecular weight excluding hydrogens is 384 g/mol. The van der Waals surface area contributed by atoms with Crippen molar-refractivity contribution in [2.24, 2.45) is 5.10 Å². The zero-order valence-corrected chi connectivity index (χ0v) is 16.4. The van der Waals surface area contributed by atoms with Gasteiger partial charge >= 0.3 is 0 Å². The standard InChI is InChI=1S/C23H17ClN4O/c1-14-11-22-16(12-17(14)24)20(13-21(29-22)15-7-3-2-4-8-15)27-28-23-25-18-9-5-6-10-19(18)26-23/h2-13H,1H3,(H2,25,26,28).